The van der Waals surface area contributed by atoms with Gasteiger partial charge in [0.25, 0.3) is 0 Å². The highest BCUT2D eigenvalue weighted by molar-refractivity contribution is 9.10. The molecule has 1 N–H and O–H groups in total. The molecular formula is C14H7BrF13NO. The monoisotopic (exact) mass is 531 g/mol. The molecule has 1 aromatic carbocycles. The van der Waals surface area contributed by atoms with Gasteiger partial charge in [-0.1, -0.05) is 6.07 Å². The number of hydrogen-bond acceptors (Lipinski definition) is 1. The highest BCUT2D eigenvalue weighted by atomic mass is 79.9. The number of nitrogens with one attached hydrogen (secondary N) is 1. The van der Waals surface area contributed by atoms with Crippen LogP contribution in [0.15, 0.2) is 22.7 Å². The first-order chi connectivity index (χ1) is 13.1. The minimum Gasteiger partial charge on any atom is -0.320 e. The van der Waals surface area contributed by atoms with Crippen molar-refractivity contribution in [2.45, 2.75) is 42.7 Å². The fraction of sp³-hybridized carbons (Fsp3) is 0.500. The van der Waals surface area contributed by atoms with Gasteiger partial charge in [-0.3, -0.25) is 4.79 Å². The second kappa shape index (κ2) is 7.44. The molecule has 2 nitrogen and oxygen atoms in total. The van der Waals surface area contributed by atoms with Gasteiger partial charge in [-0.15, -0.1) is 0 Å². The van der Waals surface area contributed by atoms with E-state index in [0.717, 1.165) is 23.5 Å². The van der Waals surface area contributed by atoms with E-state index in [1.807, 2.05) is 0 Å². The van der Waals surface area contributed by atoms with Crippen molar-refractivity contribution < 1.29 is 61.9 Å². The molecule has 0 fully saturated rings. The van der Waals surface area contributed by atoms with Gasteiger partial charge in [0.05, 0.1) is 5.69 Å². The maximum Gasteiger partial charge on any atom is 0.460 e. The average Bonchev–Trinajstić information content (AvgIpc) is 2.55. The predicted molar refractivity (Wildman–Crippen MR) is 78.3 cm³/mol. The summed E-state index contributed by atoms with van der Waals surface area (Å²) in [7, 11) is 0. The van der Waals surface area contributed by atoms with E-state index in [9.17, 15) is 61.9 Å². The van der Waals surface area contributed by atoms with Crippen molar-refractivity contribution in [3.05, 3.63) is 28.2 Å². The number of carbonyl (C=O) groups is 1. The van der Waals surface area contributed by atoms with Gasteiger partial charge in [-0.25, -0.2) is 0 Å². The number of carbonyl (C=O) groups excluding carboxylic acids is 1. The highest BCUT2D eigenvalue weighted by Crippen LogP contribution is 2.60. The van der Waals surface area contributed by atoms with Gasteiger partial charge in [0.1, 0.15) is 0 Å². The Balaban J connectivity index is 3.42. The summed E-state index contributed by atoms with van der Waals surface area (Å²) < 4.78 is 169. The number of halogens is 14. The van der Waals surface area contributed by atoms with Crippen LogP contribution < -0.4 is 5.32 Å². The number of amides is 1. The third-order valence-electron chi connectivity index (χ3n) is 3.59. The normalized spacial score (nSPS) is 14.6. The Kier molecular flexibility index (Phi) is 6.52. The summed E-state index contributed by atoms with van der Waals surface area (Å²) in [5.74, 6) is -41.8. The minimum absolute atomic E-state index is 0.268. The maximum absolute atomic E-state index is 13.7. The lowest BCUT2D eigenvalue weighted by Gasteiger charge is -2.39. The molecule has 0 aliphatic heterocycles. The number of anilines is 1. The average molecular weight is 532 g/mol. The molecule has 16 heteroatoms. The summed E-state index contributed by atoms with van der Waals surface area (Å²) in [6.45, 7) is 1.43. The topological polar surface area (TPSA) is 29.1 Å². The molecule has 0 bridgehead atoms. The van der Waals surface area contributed by atoms with Crippen LogP contribution in [0.1, 0.15) is 5.56 Å². The van der Waals surface area contributed by atoms with E-state index < -0.39 is 47.4 Å². The number of rotatable bonds is 6. The Bertz CT molecular complexity index is 819. The van der Waals surface area contributed by atoms with E-state index in [4.69, 9.17) is 0 Å². The molecule has 0 unspecified atom stereocenters. The van der Waals surface area contributed by atoms with Crippen LogP contribution in [0.3, 0.4) is 0 Å². The zero-order valence-electron chi connectivity index (χ0n) is 13.9. The van der Waals surface area contributed by atoms with Crippen molar-refractivity contribution in [1.29, 1.82) is 0 Å². The number of alkyl halides is 13. The molecule has 0 aliphatic carbocycles. The maximum atomic E-state index is 13.7. The summed E-state index contributed by atoms with van der Waals surface area (Å²) in [6.07, 6.45) is -7.51. The smallest absolute Gasteiger partial charge is 0.320 e. The fourth-order valence-corrected chi connectivity index (χ4v) is 2.43. The van der Waals surface area contributed by atoms with Crippen molar-refractivity contribution in [1.82, 2.24) is 0 Å². The van der Waals surface area contributed by atoms with E-state index in [1.54, 1.807) is 0 Å². The Hall–Kier alpha value is -1.74. The van der Waals surface area contributed by atoms with Crippen LogP contribution in [-0.2, 0) is 4.79 Å². The first-order valence-electron chi connectivity index (χ1n) is 7.09. The van der Waals surface area contributed by atoms with Crippen molar-refractivity contribution >= 4 is 27.5 Å². The standard InChI is InChI=1S/C14H7BrF13NO/c1-5-2-3-7(6(15)4-5)29-8(30)9(16,17)10(18,19)11(20,21)12(22,23)13(24,25)14(26,27)28/h2-4H,1H3,(H,29,30). The highest BCUT2D eigenvalue weighted by Gasteiger charge is 2.91. The zero-order valence-corrected chi connectivity index (χ0v) is 15.5. The molecule has 1 rings (SSSR count). The van der Waals surface area contributed by atoms with E-state index >= 15 is 0 Å². The third-order valence-corrected chi connectivity index (χ3v) is 4.25. The lowest BCUT2D eigenvalue weighted by molar-refractivity contribution is -0.435. The van der Waals surface area contributed by atoms with Gasteiger partial charge in [0, 0.05) is 4.47 Å². The SMILES string of the molecule is Cc1ccc(NC(=O)C(F)(F)C(F)(F)C(F)(F)C(F)(F)C(F)(F)C(F)(F)F)c(Br)c1. The summed E-state index contributed by atoms with van der Waals surface area (Å²) >= 11 is 2.67. The lowest BCUT2D eigenvalue weighted by atomic mass is 9.93. The summed E-state index contributed by atoms with van der Waals surface area (Å²) in [5, 5.41) is 0.973. The minimum atomic E-state index is -8.06. The summed E-state index contributed by atoms with van der Waals surface area (Å²) in [5.41, 5.74) is -0.339. The second-order valence-electron chi connectivity index (χ2n) is 5.81. The fourth-order valence-electron chi connectivity index (χ4n) is 1.83. The molecule has 1 aromatic rings. The third kappa shape index (κ3) is 3.82. The zero-order chi connectivity index (χ0) is 24.1. The molecule has 30 heavy (non-hydrogen) atoms. The van der Waals surface area contributed by atoms with Crippen LogP contribution in [0, 0.1) is 6.92 Å². The van der Waals surface area contributed by atoms with Gasteiger partial charge >= 0.3 is 41.7 Å². The predicted octanol–water partition coefficient (Wildman–Crippen LogP) is 6.43. The molecule has 0 radical (unpaired) electrons. The molecule has 1 amide bonds. The van der Waals surface area contributed by atoms with E-state index in [-0.39, 0.29) is 4.47 Å². The van der Waals surface area contributed by atoms with E-state index in [0.29, 0.717) is 5.56 Å². The molecule has 0 saturated heterocycles. The van der Waals surface area contributed by atoms with E-state index in [1.165, 1.54) is 6.92 Å². The molecule has 0 aliphatic rings. The molecule has 0 atom stereocenters. The Morgan fingerprint density at radius 3 is 1.60 bits per heavy atom. The van der Waals surface area contributed by atoms with Crippen LogP contribution in [-0.4, -0.2) is 41.7 Å². The quantitative estimate of drug-likeness (QED) is 0.421. The summed E-state index contributed by atoms with van der Waals surface area (Å²) in [4.78, 5) is 11.4. The van der Waals surface area contributed by atoms with Crippen LogP contribution >= 0.6 is 15.9 Å². The van der Waals surface area contributed by atoms with Gasteiger partial charge in [-0.05, 0) is 40.5 Å². The van der Waals surface area contributed by atoms with Crippen molar-refractivity contribution in [3.8, 4) is 0 Å². The molecule has 0 aromatic heterocycles. The van der Waals surface area contributed by atoms with E-state index in [2.05, 4.69) is 15.9 Å². The number of benzene rings is 1. The van der Waals surface area contributed by atoms with Gasteiger partial charge in [-0.2, -0.15) is 57.1 Å². The van der Waals surface area contributed by atoms with Crippen molar-refractivity contribution in [2.75, 3.05) is 5.32 Å². The Labute approximate surface area is 166 Å². The van der Waals surface area contributed by atoms with Crippen molar-refractivity contribution in [2.24, 2.45) is 0 Å². The first-order valence-corrected chi connectivity index (χ1v) is 7.88. The van der Waals surface area contributed by atoms with Crippen LogP contribution in [0.4, 0.5) is 62.8 Å². The number of aryl methyl sites for hydroxylation is 1. The van der Waals surface area contributed by atoms with Gasteiger partial charge in [0.15, 0.2) is 0 Å². The molecular weight excluding hydrogens is 525 g/mol. The number of hydrogen-bond donors (Lipinski definition) is 1. The second-order valence-corrected chi connectivity index (χ2v) is 6.66. The van der Waals surface area contributed by atoms with Crippen LogP contribution in [0.25, 0.3) is 0 Å². The van der Waals surface area contributed by atoms with Crippen LogP contribution in [0.2, 0.25) is 0 Å². The van der Waals surface area contributed by atoms with Gasteiger partial charge < -0.3 is 5.32 Å². The molecule has 0 heterocycles. The molecule has 172 valence electrons. The first kappa shape index (κ1) is 26.3. The Morgan fingerprint density at radius 1 is 0.767 bits per heavy atom. The lowest BCUT2D eigenvalue weighted by Crippen LogP contribution is -2.71. The van der Waals surface area contributed by atoms with Crippen molar-refractivity contribution in [3.63, 3.8) is 0 Å². The largest absolute Gasteiger partial charge is 0.460 e. The van der Waals surface area contributed by atoms with Crippen LogP contribution in [0.5, 0.6) is 0 Å². The summed E-state index contributed by atoms with van der Waals surface area (Å²) in [6, 6.07) is 3.00. The molecule has 0 spiro atoms. The van der Waals surface area contributed by atoms with Gasteiger partial charge in [0.2, 0.25) is 0 Å². The Morgan fingerprint density at radius 2 is 1.20 bits per heavy atom. The molecule has 0 saturated carbocycles.